The molecule has 0 radical (unpaired) electrons. The maximum absolute atomic E-state index is 11.1. The van der Waals surface area contributed by atoms with E-state index in [2.05, 4.69) is 5.10 Å². The summed E-state index contributed by atoms with van der Waals surface area (Å²) in [6, 6.07) is 3.61. The van der Waals surface area contributed by atoms with Gasteiger partial charge in [-0.25, -0.2) is 8.42 Å². The fourth-order valence-corrected chi connectivity index (χ4v) is 2.08. The zero-order valence-electron chi connectivity index (χ0n) is 10.3. The van der Waals surface area contributed by atoms with Gasteiger partial charge in [0.15, 0.2) is 11.5 Å². The van der Waals surface area contributed by atoms with Crippen LogP contribution in [0, 0.1) is 6.92 Å². The van der Waals surface area contributed by atoms with Gasteiger partial charge in [0.2, 0.25) is 0 Å². The summed E-state index contributed by atoms with van der Waals surface area (Å²) in [7, 11) is -3.01. The van der Waals surface area contributed by atoms with Crippen LogP contribution in [0.3, 0.4) is 0 Å². The second-order valence-corrected chi connectivity index (χ2v) is 6.50. The molecule has 2 aromatic rings. The van der Waals surface area contributed by atoms with E-state index in [-0.39, 0.29) is 12.3 Å². The van der Waals surface area contributed by atoms with Crippen LogP contribution < -0.4 is 5.73 Å². The van der Waals surface area contributed by atoms with Crippen molar-refractivity contribution in [2.45, 2.75) is 13.5 Å². The van der Waals surface area contributed by atoms with Gasteiger partial charge < -0.3 is 10.2 Å². The molecule has 0 unspecified atom stereocenters. The monoisotopic (exact) mass is 269 g/mol. The second kappa shape index (κ2) is 4.49. The van der Waals surface area contributed by atoms with Crippen LogP contribution in [0.2, 0.25) is 0 Å². The smallest absolute Gasteiger partial charge is 0.156 e. The molecular formula is C11H15N3O3S. The molecule has 0 aliphatic carbocycles. The molecule has 0 fully saturated rings. The minimum absolute atomic E-state index is 0.0325. The van der Waals surface area contributed by atoms with Crippen LogP contribution in [0.15, 0.2) is 22.7 Å². The highest BCUT2D eigenvalue weighted by atomic mass is 32.2. The molecule has 7 heteroatoms. The molecule has 0 amide bonds. The maximum atomic E-state index is 11.1. The van der Waals surface area contributed by atoms with E-state index >= 15 is 0 Å². The van der Waals surface area contributed by atoms with Crippen LogP contribution in [-0.4, -0.2) is 30.2 Å². The van der Waals surface area contributed by atoms with Crippen LogP contribution in [0.1, 0.15) is 5.76 Å². The third-order valence-electron chi connectivity index (χ3n) is 2.45. The van der Waals surface area contributed by atoms with Gasteiger partial charge in [-0.3, -0.25) is 4.68 Å². The van der Waals surface area contributed by atoms with Gasteiger partial charge in [-0.15, -0.1) is 0 Å². The van der Waals surface area contributed by atoms with Gasteiger partial charge in [-0.2, -0.15) is 5.10 Å². The van der Waals surface area contributed by atoms with E-state index in [0.717, 1.165) is 5.76 Å². The average Bonchev–Trinajstić information content (AvgIpc) is 2.81. The van der Waals surface area contributed by atoms with E-state index < -0.39 is 9.84 Å². The molecule has 0 spiro atoms. The molecule has 0 saturated carbocycles. The summed E-state index contributed by atoms with van der Waals surface area (Å²) in [4.78, 5) is 0. The van der Waals surface area contributed by atoms with E-state index in [1.54, 1.807) is 12.3 Å². The number of furan rings is 1. The average molecular weight is 269 g/mol. The van der Waals surface area contributed by atoms with Gasteiger partial charge in [-0.1, -0.05) is 0 Å². The van der Waals surface area contributed by atoms with Gasteiger partial charge in [-0.05, 0) is 19.1 Å². The van der Waals surface area contributed by atoms with Crippen molar-refractivity contribution in [1.29, 1.82) is 0 Å². The topological polar surface area (TPSA) is 91.1 Å². The Morgan fingerprint density at radius 1 is 1.44 bits per heavy atom. The van der Waals surface area contributed by atoms with Gasteiger partial charge in [0.05, 0.1) is 18.0 Å². The summed E-state index contributed by atoms with van der Waals surface area (Å²) < 4.78 is 29.1. The van der Waals surface area contributed by atoms with Crippen molar-refractivity contribution in [2.24, 2.45) is 0 Å². The lowest BCUT2D eigenvalue weighted by molar-refractivity contribution is 0.543. The zero-order valence-corrected chi connectivity index (χ0v) is 11.1. The Labute approximate surface area is 105 Å². The van der Waals surface area contributed by atoms with Crippen molar-refractivity contribution in [3.63, 3.8) is 0 Å². The molecule has 0 aliphatic heterocycles. The molecule has 0 saturated heterocycles. The number of hydrogen-bond acceptors (Lipinski definition) is 5. The van der Waals surface area contributed by atoms with Gasteiger partial charge >= 0.3 is 0 Å². The van der Waals surface area contributed by atoms with E-state index in [1.807, 2.05) is 13.0 Å². The second-order valence-electron chi connectivity index (χ2n) is 4.24. The Bertz CT molecular complexity index is 655. The van der Waals surface area contributed by atoms with E-state index in [1.165, 1.54) is 10.9 Å². The van der Waals surface area contributed by atoms with Crippen LogP contribution in [0.25, 0.3) is 11.5 Å². The zero-order chi connectivity index (χ0) is 13.3. The molecule has 2 heterocycles. The quantitative estimate of drug-likeness (QED) is 0.896. The van der Waals surface area contributed by atoms with Crippen LogP contribution in [0.5, 0.6) is 0 Å². The lowest BCUT2D eigenvalue weighted by Gasteiger charge is -1.98. The summed E-state index contributed by atoms with van der Waals surface area (Å²) in [5.74, 6) is 1.39. The lowest BCUT2D eigenvalue weighted by Crippen LogP contribution is -2.11. The number of nitrogens with two attached hydrogens (primary N) is 1. The minimum atomic E-state index is -3.01. The Morgan fingerprint density at radius 2 is 2.17 bits per heavy atom. The molecule has 0 aliphatic rings. The first kappa shape index (κ1) is 12.7. The highest BCUT2D eigenvalue weighted by Gasteiger charge is 2.12. The summed E-state index contributed by atoms with van der Waals surface area (Å²) >= 11 is 0. The standard InChI is InChI=1S/C11H15N3O3S/c1-8-3-4-10(17-8)11-9(12)7-14(13-11)5-6-18(2,15)16/h3-4,7H,5-6,12H2,1-2H3. The number of nitrogens with zero attached hydrogens (tertiary/aromatic N) is 2. The summed E-state index contributed by atoms with van der Waals surface area (Å²) in [5, 5.41) is 4.23. The van der Waals surface area contributed by atoms with Crippen molar-refractivity contribution in [3.05, 3.63) is 24.1 Å². The molecule has 2 aromatic heterocycles. The Balaban J connectivity index is 2.22. The molecular weight excluding hydrogens is 254 g/mol. The number of rotatable bonds is 4. The highest BCUT2D eigenvalue weighted by molar-refractivity contribution is 7.90. The van der Waals surface area contributed by atoms with E-state index in [9.17, 15) is 8.42 Å². The lowest BCUT2D eigenvalue weighted by atomic mass is 10.3. The fraction of sp³-hybridized carbons (Fsp3) is 0.364. The normalized spacial score (nSPS) is 11.9. The van der Waals surface area contributed by atoms with Gasteiger partial charge in [0.1, 0.15) is 15.6 Å². The molecule has 2 N–H and O–H groups in total. The number of aromatic nitrogens is 2. The maximum Gasteiger partial charge on any atom is 0.156 e. The van der Waals surface area contributed by atoms with Gasteiger partial charge in [0.25, 0.3) is 0 Å². The first-order valence-corrected chi connectivity index (χ1v) is 7.49. The van der Waals surface area contributed by atoms with Gasteiger partial charge in [0, 0.05) is 12.5 Å². The first-order valence-electron chi connectivity index (χ1n) is 5.42. The SMILES string of the molecule is Cc1ccc(-c2nn(CCS(C)(=O)=O)cc2N)o1. The van der Waals surface area contributed by atoms with E-state index in [0.29, 0.717) is 17.1 Å². The van der Waals surface area contributed by atoms with Crippen molar-refractivity contribution >= 4 is 15.5 Å². The Hall–Kier alpha value is -1.76. The van der Waals surface area contributed by atoms with Crippen molar-refractivity contribution in [2.75, 3.05) is 17.7 Å². The van der Waals surface area contributed by atoms with Crippen molar-refractivity contribution in [1.82, 2.24) is 9.78 Å². The number of anilines is 1. The summed E-state index contributed by atoms with van der Waals surface area (Å²) in [6.45, 7) is 2.11. The van der Waals surface area contributed by atoms with Crippen LogP contribution in [0.4, 0.5) is 5.69 Å². The predicted octanol–water partition coefficient (Wildman–Crippen LogP) is 1.08. The summed E-state index contributed by atoms with van der Waals surface area (Å²) in [6.07, 6.45) is 2.80. The number of aryl methyl sites for hydroxylation is 2. The Kier molecular flexibility index (Phi) is 3.16. The molecule has 6 nitrogen and oxygen atoms in total. The molecule has 0 bridgehead atoms. The number of nitrogen functional groups attached to an aromatic ring is 1. The predicted molar refractivity (Wildman–Crippen MR) is 68.8 cm³/mol. The minimum Gasteiger partial charge on any atom is -0.460 e. The summed E-state index contributed by atoms with van der Waals surface area (Å²) in [5.41, 5.74) is 6.84. The Morgan fingerprint density at radius 3 is 2.72 bits per heavy atom. The molecule has 18 heavy (non-hydrogen) atoms. The highest BCUT2D eigenvalue weighted by Crippen LogP contribution is 2.25. The number of hydrogen-bond donors (Lipinski definition) is 1. The molecule has 0 atom stereocenters. The van der Waals surface area contributed by atoms with Crippen molar-refractivity contribution in [3.8, 4) is 11.5 Å². The van der Waals surface area contributed by atoms with E-state index in [4.69, 9.17) is 10.2 Å². The molecule has 0 aromatic carbocycles. The molecule has 2 rings (SSSR count). The third kappa shape index (κ3) is 2.92. The third-order valence-corrected chi connectivity index (χ3v) is 3.38. The van der Waals surface area contributed by atoms with Crippen LogP contribution >= 0.6 is 0 Å². The molecule has 98 valence electrons. The van der Waals surface area contributed by atoms with Crippen LogP contribution in [-0.2, 0) is 16.4 Å². The fourth-order valence-electron chi connectivity index (χ4n) is 1.56. The largest absolute Gasteiger partial charge is 0.460 e. The van der Waals surface area contributed by atoms with Crippen molar-refractivity contribution < 1.29 is 12.8 Å². The first-order chi connectivity index (χ1) is 8.35. The number of sulfone groups is 1.